The summed E-state index contributed by atoms with van der Waals surface area (Å²) >= 11 is 0. The predicted octanol–water partition coefficient (Wildman–Crippen LogP) is 2.02. The molecule has 0 fully saturated rings. The molecule has 0 aromatic heterocycles. The van der Waals surface area contributed by atoms with Gasteiger partial charge >= 0.3 is 0 Å². The molecule has 0 heterocycles. The van der Waals surface area contributed by atoms with Gasteiger partial charge in [-0.2, -0.15) is 0 Å². The summed E-state index contributed by atoms with van der Waals surface area (Å²) in [6.07, 6.45) is 0.673. The molecule has 0 aliphatic rings. The molecule has 1 amide bonds. The van der Waals surface area contributed by atoms with Crippen LogP contribution in [-0.4, -0.2) is 11.9 Å². The highest BCUT2D eigenvalue weighted by atomic mass is 16.2. The number of fused-ring (bicyclic) bond motifs is 1. The maximum atomic E-state index is 11.6. The van der Waals surface area contributed by atoms with Gasteiger partial charge in [0.1, 0.15) is 6.04 Å². The first-order chi connectivity index (χ1) is 8.76. The zero-order valence-corrected chi connectivity index (χ0v) is 10.3. The minimum Gasteiger partial charge on any atom is -0.373 e. The normalized spacial score (nSPS) is 12.1. The van der Waals surface area contributed by atoms with Crippen molar-refractivity contribution in [3.05, 3.63) is 42.5 Å². The largest absolute Gasteiger partial charge is 0.373 e. The van der Waals surface area contributed by atoms with Gasteiger partial charge in [-0.25, -0.2) is 5.84 Å². The number of hydrogen-bond donors (Lipinski definition) is 3. The number of anilines is 1. The first-order valence-electron chi connectivity index (χ1n) is 6.01. The summed E-state index contributed by atoms with van der Waals surface area (Å²) in [5.41, 5.74) is 3.13. The van der Waals surface area contributed by atoms with Gasteiger partial charge in [0.15, 0.2) is 0 Å². The Hall–Kier alpha value is -2.07. The molecule has 0 radical (unpaired) electrons. The molecule has 0 saturated heterocycles. The van der Waals surface area contributed by atoms with Crippen molar-refractivity contribution in [2.75, 3.05) is 5.32 Å². The van der Waals surface area contributed by atoms with Crippen molar-refractivity contribution in [3.63, 3.8) is 0 Å². The van der Waals surface area contributed by atoms with E-state index < -0.39 is 0 Å². The van der Waals surface area contributed by atoms with E-state index in [9.17, 15) is 4.79 Å². The van der Waals surface area contributed by atoms with Crippen molar-refractivity contribution >= 4 is 22.4 Å². The van der Waals surface area contributed by atoms with Crippen LogP contribution < -0.4 is 16.6 Å². The average molecular weight is 243 g/mol. The Labute approximate surface area is 106 Å². The third kappa shape index (κ3) is 2.43. The minimum absolute atomic E-state index is 0.203. The number of nitrogens with one attached hydrogen (secondary N) is 2. The van der Waals surface area contributed by atoms with Crippen molar-refractivity contribution in [1.82, 2.24) is 5.43 Å². The fourth-order valence-electron chi connectivity index (χ4n) is 1.99. The number of benzene rings is 2. The number of rotatable bonds is 4. The van der Waals surface area contributed by atoms with Gasteiger partial charge in [-0.05, 0) is 17.9 Å². The van der Waals surface area contributed by atoms with Crippen molar-refractivity contribution in [3.8, 4) is 0 Å². The quantitative estimate of drug-likeness (QED) is 0.437. The molecule has 0 aliphatic heterocycles. The average Bonchev–Trinajstić information content (AvgIpc) is 2.44. The van der Waals surface area contributed by atoms with Gasteiger partial charge < -0.3 is 5.32 Å². The van der Waals surface area contributed by atoms with E-state index in [4.69, 9.17) is 5.84 Å². The SMILES string of the molecule is CC[C@H](Nc1cccc2ccccc12)C(=O)NN. The Balaban J connectivity index is 2.33. The van der Waals surface area contributed by atoms with E-state index in [0.717, 1.165) is 16.5 Å². The van der Waals surface area contributed by atoms with E-state index in [0.29, 0.717) is 6.42 Å². The molecule has 0 unspecified atom stereocenters. The van der Waals surface area contributed by atoms with Crippen molar-refractivity contribution in [2.24, 2.45) is 5.84 Å². The third-order valence-electron chi connectivity index (χ3n) is 2.99. The lowest BCUT2D eigenvalue weighted by molar-refractivity contribution is -0.121. The number of carbonyl (C=O) groups is 1. The van der Waals surface area contributed by atoms with Crippen molar-refractivity contribution in [1.29, 1.82) is 0 Å². The molecule has 94 valence electrons. The van der Waals surface area contributed by atoms with Crippen LogP contribution in [0.5, 0.6) is 0 Å². The number of hydrogen-bond acceptors (Lipinski definition) is 3. The molecule has 0 saturated carbocycles. The van der Waals surface area contributed by atoms with Gasteiger partial charge in [-0.1, -0.05) is 43.3 Å². The standard InChI is InChI=1S/C14H17N3O/c1-2-12(14(18)17-15)16-13-9-5-7-10-6-3-4-8-11(10)13/h3-9,12,16H,2,15H2,1H3,(H,17,18)/t12-/m0/s1. The highest BCUT2D eigenvalue weighted by molar-refractivity contribution is 5.95. The second-order valence-corrected chi connectivity index (χ2v) is 4.14. The van der Waals surface area contributed by atoms with E-state index in [1.807, 2.05) is 49.4 Å². The summed E-state index contributed by atoms with van der Waals surface area (Å²) in [5.74, 6) is 4.97. The summed E-state index contributed by atoms with van der Waals surface area (Å²) in [6, 6.07) is 13.7. The molecule has 1 atom stereocenters. The molecule has 2 aromatic carbocycles. The summed E-state index contributed by atoms with van der Waals surface area (Å²) < 4.78 is 0. The van der Waals surface area contributed by atoms with E-state index in [1.165, 1.54) is 0 Å². The smallest absolute Gasteiger partial charge is 0.256 e. The monoisotopic (exact) mass is 243 g/mol. The molecule has 0 bridgehead atoms. The lowest BCUT2D eigenvalue weighted by Crippen LogP contribution is -2.42. The summed E-state index contributed by atoms with van der Waals surface area (Å²) in [6.45, 7) is 1.94. The molecule has 4 heteroatoms. The van der Waals surface area contributed by atoms with Crippen LogP contribution in [0.15, 0.2) is 42.5 Å². The maximum absolute atomic E-state index is 11.6. The molecular formula is C14H17N3O. The van der Waals surface area contributed by atoms with Crippen LogP contribution in [-0.2, 0) is 4.79 Å². The van der Waals surface area contributed by atoms with Crippen LogP contribution in [0.4, 0.5) is 5.69 Å². The second kappa shape index (κ2) is 5.51. The van der Waals surface area contributed by atoms with E-state index >= 15 is 0 Å². The van der Waals surface area contributed by atoms with Gasteiger partial charge in [0, 0.05) is 11.1 Å². The highest BCUT2D eigenvalue weighted by Crippen LogP contribution is 2.23. The molecule has 0 aliphatic carbocycles. The lowest BCUT2D eigenvalue weighted by atomic mass is 10.1. The third-order valence-corrected chi connectivity index (χ3v) is 2.99. The van der Waals surface area contributed by atoms with Crippen LogP contribution in [0.25, 0.3) is 10.8 Å². The zero-order valence-electron chi connectivity index (χ0n) is 10.3. The molecule has 2 aromatic rings. The Morgan fingerprint density at radius 1 is 1.22 bits per heavy atom. The summed E-state index contributed by atoms with van der Waals surface area (Å²) in [4.78, 5) is 11.6. The van der Waals surface area contributed by atoms with Crippen molar-refractivity contribution < 1.29 is 4.79 Å². The Morgan fingerprint density at radius 3 is 2.67 bits per heavy atom. The van der Waals surface area contributed by atoms with Crippen LogP contribution in [0.1, 0.15) is 13.3 Å². The van der Waals surface area contributed by atoms with Gasteiger partial charge in [-0.15, -0.1) is 0 Å². The highest BCUT2D eigenvalue weighted by Gasteiger charge is 2.15. The van der Waals surface area contributed by atoms with Crippen LogP contribution >= 0.6 is 0 Å². The second-order valence-electron chi connectivity index (χ2n) is 4.14. The molecule has 0 spiro atoms. The number of nitrogens with two attached hydrogens (primary N) is 1. The lowest BCUT2D eigenvalue weighted by Gasteiger charge is -2.17. The van der Waals surface area contributed by atoms with E-state index in [1.54, 1.807) is 0 Å². The number of amides is 1. The fraction of sp³-hybridized carbons (Fsp3) is 0.214. The molecular weight excluding hydrogens is 226 g/mol. The summed E-state index contributed by atoms with van der Waals surface area (Å²) in [7, 11) is 0. The molecule has 2 rings (SSSR count). The Bertz CT molecular complexity index is 548. The van der Waals surface area contributed by atoms with E-state index in [2.05, 4.69) is 10.7 Å². The first kappa shape index (κ1) is 12.4. The van der Waals surface area contributed by atoms with Gasteiger partial charge in [0.05, 0.1) is 0 Å². The van der Waals surface area contributed by atoms with Gasteiger partial charge in [0.2, 0.25) is 0 Å². The van der Waals surface area contributed by atoms with Crippen LogP contribution in [0.3, 0.4) is 0 Å². The molecule has 4 nitrogen and oxygen atoms in total. The minimum atomic E-state index is -0.319. The number of hydrazine groups is 1. The van der Waals surface area contributed by atoms with Gasteiger partial charge in [0.25, 0.3) is 5.91 Å². The van der Waals surface area contributed by atoms with Crippen LogP contribution in [0.2, 0.25) is 0 Å². The maximum Gasteiger partial charge on any atom is 0.256 e. The first-order valence-corrected chi connectivity index (χ1v) is 6.01. The molecule has 18 heavy (non-hydrogen) atoms. The van der Waals surface area contributed by atoms with Gasteiger partial charge in [-0.3, -0.25) is 10.2 Å². The fourth-order valence-corrected chi connectivity index (χ4v) is 1.99. The Morgan fingerprint density at radius 2 is 1.94 bits per heavy atom. The Kier molecular flexibility index (Phi) is 3.79. The van der Waals surface area contributed by atoms with Crippen LogP contribution in [0, 0.1) is 0 Å². The zero-order chi connectivity index (χ0) is 13.0. The summed E-state index contributed by atoms with van der Waals surface area (Å²) in [5, 5.41) is 5.47. The van der Waals surface area contributed by atoms with Crippen molar-refractivity contribution in [2.45, 2.75) is 19.4 Å². The predicted molar refractivity (Wildman–Crippen MR) is 74.0 cm³/mol. The molecule has 4 N–H and O–H groups in total. The van der Waals surface area contributed by atoms with E-state index in [-0.39, 0.29) is 11.9 Å². The topological polar surface area (TPSA) is 67.2 Å². The number of carbonyl (C=O) groups excluding carboxylic acids is 1.